The third-order valence-electron chi connectivity index (χ3n) is 11.0. The molecule has 0 radical (unpaired) electrons. The van der Waals surface area contributed by atoms with Crippen LogP contribution in [0.2, 0.25) is 0 Å². The maximum atomic E-state index is 5.34. The van der Waals surface area contributed by atoms with Crippen molar-refractivity contribution in [1.82, 2.24) is 9.55 Å². The molecule has 0 fully saturated rings. The Morgan fingerprint density at radius 2 is 0.925 bits per heavy atom. The zero-order valence-electron chi connectivity index (χ0n) is 28.9. The van der Waals surface area contributed by atoms with Gasteiger partial charge < -0.3 is 0 Å². The standard InChI is InChI=1S/C51H32N2/c1-2-8-33(9-3-1)41-26-31-48-47(32-41)52-51(53(48)42-27-22-36(23-28-42)44-15-7-11-34-10-4-5-14-43(34)44)40-20-16-35(17-21-40)45-29-24-39-19-18-37-12-6-13-38-25-30-46(45)50(39)49(37)38/h1-32H. The zero-order valence-corrected chi connectivity index (χ0v) is 28.9. The third-order valence-corrected chi connectivity index (χ3v) is 11.0. The minimum atomic E-state index is 0.921. The van der Waals surface area contributed by atoms with Gasteiger partial charge in [0, 0.05) is 11.3 Å². The van der Waals surface area contributed by atoms with Crippen LogP contribution in [0.25, 0.3) is 105 Å². The summed E-state index contributed by atoms with van der Waals surface area (Å²) < 4.78 is 2.31. The van der Waals surface area contributed by atoms with Crippen LogP contribution in [0.4, 0.5) is 0 Å². The molecule has 1 heterocycles. The van der Waals surface area contributed by atoms with E-state index in [9.17, 15) is 0 Å². The highest BCUT2D eigenvalue weighted by molar-refractivity contribution is 6.25. The third kappa shape index (κ3) is 4.77. The SMILES string of the molecule is c1ccc(-c2ccc3c(c2)nc(-c2ccc(-c4ccc5ccc6cccc7ccc4c5c67)cc2)n3-c2ccc(-c3cccc4ccccc34)cc2)cc1. The van der Waals surface area contributed by atoms with Crippen LogP contribution in [0.5, 0.6) is 0 Å². The first-order chi connectivity index (χ1) is 26.3. The fraction of sp³-hybridized carbons (Fsp3) is 0. The van der Waals surface area contributed by atoms with Gasteiger partial charge in [0.1, 0.15) is 5.82 Å². The number of rotatable bonds is 5. The molecule has 0 unspecified atom stereocenters. The summed E-state index contributed by atoms with van der Waals surface area (Å²) in [5.41, 5.74) is 11.4. The fourth-order valence-corrected chi connectivity index (χ4v) is 8.40. The Morgan fingerprint density at radius 1 is 0.340 bits per heavy atom. The molecule has 0 spiro atoms. The van der Waals surface area contributed by atoms with Crippen LogP contribution in [-0.2, 0) is 0 Å². The second-order valence-electron chi connectivity index (χ2n) is 14.0. The second-order valence-corrected chi connectivity index (χ2v) is 14.0. The van der Waals surface area contributed by atoms with Gasteiger partial charge in [0.15, 0.2) is 0 Å². The minimum absolute atomic E-state index is 0.921. The molecule has 11 rings (SSSR count). The summed E-state index contributed by atoms with van der Waals surface area (Å²) >= 11 is 0. The van der Waals surface area contributed by atoms with E-state index in [1.165, 1.54) is 70.9 Å². The summed E-state index contributed by atoms with van der Waals surface area (Å²) in [4.78, 5) is 5.34. The van der Waals surface area contributed by atoms with Gasteiger partial charge in [0.2, 0.25) is 0 Å². The number of fused-ring (bicyclic) bond motifs is 2. The molecule has 2 heteroatoms. The number of hydrogen-bond acceptors (Lipinski definition) is 1. The molecule has 0 aliphatic rings. The van der Waals surface area contributed by atoms with E-state index in [0.717, 1.165) is 33.7 Å². The fourth-order valence-electron chi connectivity index (χ4n) is 8.40. The highest BCUT2D eigenvalue weighted by Crippen LogP contribution is 2.40. The Balaban J connectivity index is 1.05. The average molecular weight is 673 g/mol. The normalized spacial score (nSPS) is 11.8. The van der Waals surface area contributed by atoms with E-state index in [1.807, 2.05) is 0 Å². The van der Waals surface area contributed by atoms with Crippen molar-refractivity contribution >= 4 is 54.1 Å². The molecule has 2 nitrogen and oxygen atoms in total. The van der Waals surface area contributed by atoms with Gasteiger partial charge in [0.05, 0.1) is 11.0 Å². The lowest BCUT2D eigenvalue weighted by molar-refractivity contribution is 1.10. The molecule has 0 saturated heterocycles. The lowest BCUT2D eigenvalue weighted by atomic mass is 9.90. The van der Waals surface area contributed by atoms with E-state index in [-0.39, 0.29) is 0 Å². The first kappa shape index (κ1) is 29.7. The van der Waals surface area contributed by atoms with E-state index in [1.54, 1.807) is 0 Å². The topological polar surface area (TPSA) is 17.8 Å². The summed E-state index contributed by atoms with van der Waals surface area (Å²) in [5.74, 6) is 0.921. The Morgan fingerprint density at radius 3 is 1.74 bits per heavy atom. The van der Waals surface area contributed by atoms with Crippen LogP contribution in [0.1, 0.15) is 0 Å². The van der Waals surface area contributed by atoms with Crippen molar-refractivity contribution in [3.63, 3.8) is 0 Å². The van der Waals surface area contributed by atoms with E-state index >= 15 is 0 Å². The summed E-state index contributed by atoms with van der Waals surface area (Å²) in [6.45, 7) is 0. The van der Waals surface area contributed by atoms with Crippen molar-refractivity contribution < 1.29 is 0 Å². The number of imidazole rings is 1. The van der Waals surface area contributed by atoms with Crippen molar-refractivity contribution in [1.29, 1.82) is 0 Å². The average Bonchev–Trinajstić information content (AvgIpc) is 3.62. The largest absolute Gasteiger partial charge is 0.292 e. The molecule has 0 amide bonds. The molecule has 11 aromatic rings. The highest BCUT2D eigenvalue weighted by atomic mass is 15.1. The van der Waals surface area contributed by atoms with Crippen LogP contribution < -0.4 is 0 Å². The number of aromatic nitrogens is 2. The van der Waals surface area contributed by atoms with Crippen molar-refractivity contribution in [2.75, 3.05) is 0 Å². The van der Waals surface area contributed by atoms with Crippen molar-refractivity contribution in [3.8, 4) is 50.5 Å². The van der Waals surface area contributed by atoms with Gasteiger partial charge in [-0.2, -0.15) is 0 Å². The molecule has 0 saturated carbocycles. The summed E-state index contributed by atoms with van der Waals surface area (Å²) in [5, 5.41) is 10.3. The molecule has 0 N–H and O–H groups in total. The van der Waals surface area contributed by atoms with Crippen LogP contribution in [0.3, 0.4) is 0 Å². The first-order valence-corrected chi connectivity index (χ1v) is 18.2. The van der Waals surface area contributed by atoms with Gasteiger partial charge in [-0.25, -0.2) is 4.98 Å². The quantitative estimate of drug-likeness (QED) is 0.166. The van der Waals surface area contributed by atoms with Crippen LogP contribution in [0, 0.1) is 0 Å². The van der Waals surface area contributed by atoms with Crippen LogP contribution in [0.15, 0.2) is 194 Å². The Kier molecular flexibility index (Phi) is 6.59. The molecule has 0 bridgehead atoms. The van der Waals surface area contributed by atoms with Gasteiger partial charge in [-0.05, 0) is 101 Å². The van der Waals surface area contributed by atoms with Crippen molar-refractivity contribution in [2.45, 2.75) is 0 Å². The number of benzene rings is 10. The van der Waals surface area contributed by atoms with Crippen molar-refractivity contribution in [2.24, 2.45) is 0 Å². The van der Waals surface area contributed by atoms with Crippen molar-refractivity contribution in [3.05, 3.63) is 194 Å². The maximum absolute atomic E-state index is 5.34. The summed E-state index contributed by atoms with van der Waals surface area (Å²) in [6, 6.07) is 70.4. The van der Waals surface area contributed by atoms with Gasteiger partial charge in [-0.15, -0.1) is 0 Å². The molecule has 10 aromatic carbocycles. The highest BCUT2D eigenvalue weighted by Gasteiger charge is 2.17. The monoisotopic (exact) mass is 672 g/mol. The molecule has 0 aliphatic heterocycles. The predicted molar refractivity (Wildman–Crippen MR) is 224 cm³/mol. The van der Waals surface area contributed by atoms with E-state index in [0.29, 0.717) is 0 Å². The Bertz CT molecular complexity index is 3110. The van der Waals surface area contributed by atoms with Crippen LogP contribution >= 0.6 is 0 Å². The first-order valence-electron chi connectivity index (χ1n) is 18.2. The van der Waals surface area contributed by atoms with Gasteiger partial charge in [0.25, 0.3) is 0 Å². The Hall–Kier alpha value is -7.03. The number of hydrogen-bond donors (Lipinski definition) is 0. The van der Waals surface area contributed by atoms with Crippen LogP contribution in [-0.4, -0.2) is 9.55 Å². The zero-order chi connectivity index (χ0) is 34.9. The molecule has 53 heavy (non-hydrogen) atoms. The molecule has 0 aliphatic carbocycles. The minimum Gasteiger partial charge on any atom is -0.292 e. The molecular formula is C51H32N2. The van der Waals surface area contributed by atoms with E-state index in [2.05, 4.69) is 199 Å². The van der Waals surface area contributed by atoms with Gasteiger partial charge in [-0.3, -0.25) is 4.57 Å². The predicted octanol–water partition coefficient (Wildman–Crippen LogP) is 13.7. The summed E-state index contributed by atoms with van der Waals surface area (Å²) in [6.07, 6.45) is 0. The summed E-state index contributed by atoms with van der Waals surface area (Å²) in [7, 11) is 0. The second kappa shape index (κ2) is 11.8. The molecule has 246 valence electrons. The maximum Gasteiger partial charge on any atom is 0.145 e. The number of nitrogens with zero attached hydrogens (tertiary/aromatic N) is 2. The van der Waals surface area contributed by atoms with Gasteiger partial charge >= 0.3 is 0 Å². The molecular weight excluding hydrogens is 641 g/mol. The smallest absolute Gasteiger partial charge is 0.145 e. The molecule has 1 aromatic heterocycles. The molecule has 0 atom stereocenters. The lowest BCUT2D eigenvalue weighted by Gasteiger charge is -2.15. The van der Waals surface area contributed by atoms with E-state index < -0.39 is 0 Å². The lowest BCUT2D eigenvalue weighted by Crippen LogP contribution is -1.98. The Labute approximate surface area is 307 Å². The van der Waals surface area contributed by atoms with Gasteiger partial charge in [-0.1, -0.05) is 170 Å². The van der Waals surface area contributed by atoms with E-state index in [4.69, 9.17) is 4.98 Å².